The Labute approximate surface area is 411 Å². The molecule has 0 radical (unpaired) electrons. The van der Waals surface area contributed by atoms with Gasteiger partial charge < -0.3 is 25.3 Å². The third-order valence-corrected chi connectivity index (χ3v) is 16.3. The number of amides is 1. The number of benzene rings is 4. The van der Waals surface area contributed by atoms with Gasteiger partial charge in [0.05, 0.1) is 9.82 Å². The van der Waals surface area contributed by atoms with Crippen LogP contribution in [0.5, 0.6) is 0 Å². The molecule has 4 aromatic carbocycles. The maximum atomic E-state index is 13.5. The number of carbonyl (C=O) groups is 1. The van der Waals surface area contributed by atoms with Crippen LogP contribution in [0.2, 0.25) is 5.02 Å². The Morgan fingerprint density at radius 1 is 0.955 bits per heavy atom. The zero-order valence-corrected chi connectivity index (χ0v) is 41.7. The summed E-state index contributed by atoms with van der Waals surface area (Å²) in [7, 11) is -2.34. The highest BCUT2D eigenvalue weighted by Gasteiger charge is 2.35. The Morgan fingerprint density at radius 2 is 1.66 bits per heavy atom. The number of halogens is 2. The molecule has 8 rings (SSSR count). The lowest BCUT2D eigenvalue weighted by Gasteiger charge is -2.43. The van der Waals surface area contributed by atoms with Crippen molar-refractivity contribution in [2.75, 3.05) is 95.0 Å². The summed E-state index contributed by atoms with van der Waals surface area (Å²) in [6.07, 6.45) is 6.39. The maximum absolute atomic E-state index is 13.5. The molecule has 17 heteroatoms. The van der Waals surface area contributed by atoms with Gasteiger partial charge in [0.15, 0.2) is 0 Å². The third kappa shape index (κ3) is 13.7. The van der Waals surface area contributed by atoms with Gasteiger partial charge in [0.1, 0.15) is 5.69 Å². The number of rotatable bonds is 19. The van der Waals surface area contributed by atoms with Gasteiger partial charge in [-0.25, -0.2) is 13.1 Å². The minimum Gasteiger partial charge on any atom is -0.376 e. The largest absolute Gasteiger partial charge is 0.376 e. The summed E-state index contributed by atoms with van der Waals surface area (Å²) in [5, 5.41) is 19.9. The van der Waals surface area contributed by atoms with Gasteiger partial charge >= 0.3 is 0 Å². The number of hydrogen-bond donors (Lipinski definition) is 3. The first-order chi connectivity index (χ1) is 31.8. The number of piperazine rings is 2. The lowest BCUT2D eigenvalue weighted by atomic mass is 9.71. The monoisotopic (exact) mass is 990 g/mol. The second kappa shape index (κ2) is 22.9. The van der Waals surface area contributed by atoms with Crippen LogP contribution < -0.4 is 20.3 Å². The first-order valence-electron chi connectivity index (χ1n) is 23.3. The third-order valence-electron chi connectivity index (χ3n) is 13.6. The van der Waals surface area contributed by atoms with Crippen LogP contribution in [-0.2, 0) is 10.0 Å². The maximum Gasteiger partial charge on any atom is 0.293 e. The van der Waals surface area contributed by atoms with Crippen molar-refractivity contribution < 1.29 is 18.1 Å². The molecule has 2 aliphatic heterocycles. The molecule has 3 N–H and O–H groups in total. The molecule has 1 amide bonds. The van der Waals surface area contributed by atoms with Crippen LogP contribution in [0.25, 0.3) is 5.57 Å². The highest BCUT2D eigenvalue weighted by Crippen LogP contribution is 2.44. The van der Waals surface area contributed by atoms with Crippen molar-refractivity contribution in [3.8, 4) is 0 Å². The summed E-state index contributed by atoms with van der Waals surface area (Å²) in [6.45, 7) is 13.0. The van der Waals surface area contributed by atoms with Gasteiger partial charge in [-0.05, 0) is 123 Å². The van der Waals surface area contributed by atoms with Gasteiger partial charge in [-0.3, -0.25) is 19.8 Å². The average Bonchev–Trinajstić information content (AvgIpc) is 4.17. The molecular weight excluding hydrogens is 928 g/mol. The molecule has 2 saturated heterocycles. The van der Waals surface area contributed by atoms with Crippen molar-refractivity contribution in [3.63, 3.8) is 0 Å². The van der Waals surface area contributed by atoms with E-state index in [-0.39, 0.29) is 45.7 Å². The molecule has 2 heterocycles. The number of nitrogens with zero attached hydrogens (tertiary/aromatic N) is 5. The van der Waals surface area contributed by atoms with Crippen molar-refractivity contribution in [1.82, 2.24) is 24.7 Å². The number of sulfonamides is 1. The number of anilines is 2. The Bertz CT molecular complexity index is 2450. The minimum absolute atomic E-state index is 0. The van der Waals surface area contributed by atoms with Gasteiger partial charge in [-0.1, -0.05) is 54.4 Å². The second-order valence-electron chi connectivity index (χ2n) is 18.7. The Kier molecular flexibility index (Phi) is 17.4. The SMILES string of the molecule is CN(CC[C@H](CSc1ccccc1)Nc1ccc(S(=O)(=O)NC(=O)c2ccc(N3CCN(CC4=C(c5ccc(Cl)cc5)CCC(C)(CN5CCNCC5)C4)CC3)cc2)cc1[N+](=O)[O-])C1CC1.Cl. The van der Waals surface area contributed by atoms with Crippen LogP contribution in [0.1, 0.15) is 61.4 Å². The molecule has 2 atom stereocenters. The van der Waals surface area contributed by atoms with Crippen molar-refractivity contribution in [3.05, 3.63) is 129 Å². The number of carbonyl (C=O) groups excluding carboxylic acids is 1. The molecule has 4 aliphatic rings. The summed E-state index contributed by atoms with van der Waals surface area (Å²) in [4.78, 5) is 35.7. The van der Waals surface area contributed by atoms with E-state index in [2.05, 4.69) is 61.1 Å². The van der Waals surface area contributed by atoms with Crippen LogP contribution >= 0.6 is 35.8 Å². The molecule has 360 valence electrons. The second-order valence-corrected chi connectivity index (χ2v) is 22.0. The molecule has 67 heavy (non-hydrogen) atoms. The van der Waals surface area contributed by atoms with Gasteiger partial charge in [-0.2, -0.15) is 0 Å². The molecule has 1 unspecified atom stereocenters. The predicted molar refractivity (Wildman–Crippen MR) is 275 cm³/mol. The molecule has 0 bridgehead atoms. The first-order valence-corrected chi connectivity index (χ1v) is 26.1. The molecule has 0 aromatic heterocycles. The fourth-order valence-corrected chi connectivity index (χ4v) is 11.8. The van der Waals surface area contributed by atoms with Crippen LogP contribution in [0, 0.1) is 15.5 Å². The summed E-state index contributed by atoms with van der Waals surface area (Å²) >= 11 is 7.96. The molecule has 1 saturated carbocycles. The number of nitro benzene ring substituents is 1. The van der Waals surface area contributed by atoms with Crippen molar-refractivity contribution >= 4 is 74.3 Å². The van der Waals surface area contributed by atoms with E-state index in [1.54, 1.807) is 23.9 Å². The molecule has 0 spiro atoms. The van der Waals surface area contributed by atoms with E-state index in [1.165, 1.54) is 41.7 Å². The van der Waals surface area contributed by atoms with Gasteiger partial charge in [-0.15, -0.1) is 24.2 Å². The van der Waals surface area contributed by atoms with Crippen LogP contribution in [0.3, 0.4) is 0 Å². The molecule has 13 nitrogen and oxygen atoms in total. The quantitative estimate of drug-likeness (QED) is 0.0471. The molecule has 2 aliphatic carbocycles. The summed E-state index contributed by atoms with van der Waals surface area (Å²) < 4.78 is 29.2. The zero-order chi connectivity index (χ0) is 46.3. The van der Waals surface area contributed by atoms with E-state index in [4.69, 9.17) is 11.6 Å². The van der Waals surface area contributed by atoms with E-state index in [0.717, 1.165) is 119 Å². The van der Waals surface area contributed by atoms with Crippen LogP contribution in [0.4, 0.5) is 17.1 Å². The summed E-state index contributed by atoms with van der Waals surface area (Å²) in [6, 6.07) is 29.4. The number of nitro groups is 1. The fourth-order valence-electron chi connectivity index (χ4n) is 9.65. The summed E-state index contributed by atoms with van der Waals surface area (Å²) in [5.74, 6) is -0.150. The Morgan fingerprint density at radius 3 is 2.33 bits per heavy atom. The van der Waals surface area contributed by atoms with Gasteiger partial charge in [0.2, 0.25) is 0 Å². The van der Waals surface area contributed by atoms with Crippen LogP contribution in [0.15, 0.2) is 112 Å². The lowest BCUT2D eigenvalue weighted by molar-refractivity contribution is -0.384. The summed E-state index contributed by atoms with van der Waals surface area (Å²) in [5.41, 5.74) is 5.44. The average molecular weight is 992 g/mol. The van der Waals surface area contributed by atoms with Crippen molar-refractivity contribution in [1.29, 1.82) is 0 Å². The van der Waals surface area contributed by atoms with E-state index < -0.39 is 20.9 Å². The van der Waals surface area contributed by atoms with E-state index in [1.807, 2.05) is 54.6 Å². The van der Waals surface area contributed by atoms with Crippen molar-refractivity contribution in [2.24, 2.45) is 5.41 Å². The van der Waals surface area contributed by atoms with E-state index in [9.17, 15) is 23.3 Å². The number of thioether (sulfide) groups is 1. The number of allylic oxidation sites excluding steroid dienone is 1. The minimum atomic E-state index is -4.44. The van der Waals surface area contributed by atoms with Gasteiger partial charge in [0, 0.05) is 117 Å². The van der Waals surface area contributed by atoms with E-state index >= 15 is 0 Å². The fraction of sp³-hybridized carbons (Fsp3) is 0.460. The molecule has 4 aromatic rings. The van der Waals surface area contributed by atoms with Gasteiger partial charge in [0.25, 0.3) is 21.6 Å². The highest BCUT2D eigenvalue weighted by molar-refractivity contribution is 7.99. The number of nitrogens with one attached hydrogen (secondary N) is 3. The van der Waals surface area contributed by atoms with Crippen molar-refractivity contribution in [2.45, 2.75) is 67.3 Å². The first kappa shape index (κ1) is 50.7. The topological polar surface area (TPSA) is 143 Å². The van der Waals surface area contributed by atoms with E-state index in [0.29, 0.717) is 11.8 Å². The molecule has 3 fully saturated rings. The predicted octanol–water partition coefficient (Wildman–Crippen LogP) is 8.52. The number of hydrogen-bond acceptors (Lipinski definition) is 12. The Balaban J connectivity index is 0.00000666. The lowest BCUT2D eigenvalue weighted by Crippen LogP contribution is -2.49. The standard InChI is InChI=1S/C50H63ClN8O5S2.ClH/c1-50(36-57-26-23-52-24-27-57)22-20-46(37-8-12-40(51)13-9-37)39(33-50)34-56-28-30-58(31-29-56)43-14-10-38(11-15-43)49(60)54-66(63,64)45-18-19-47(48(32-45)59(61)62)53-41(21-25-55(2)42-16-17-42)35-65-44-6-4-3-5-7-44;/h3-15,18-19,32,41-42,52-53H,16-17,20-31,33-36H2,1-2H3,(H,54,60);1H/t41-,50?;/m1./s1. The normalized spacial score (nSPS) is 20.0. The molecular formula is C50H64Cl2N8O5S2. The zero-order valence-electron chi connectivity index (χ0n) is 38.5. The van der Waals surface area contributed by atoms with Crippen LogP contribution in [-0.4, -0.2) is 131 Å². The Hall–Kier alpha value is -4.19. The smallest absolute Gasteiger partial charge is 0.293 e. The highest BCUT2D eigenvalue weighted by atomic mass is 35.5.